The van der Waals surface area contributed by atoms with Crippen LogP contribution >= 0.6 is 0 Å². The maximum absolute atomic E-state index is 10.5. The second-order valence-corrected chi connectivity index (χ2v) is 9.32. The van der Waals surface area contributed by atoms with Crippen molar-refractivity contribution >= 4 is 0 Å². The second-order valence-electron chi connectivity index (χ2n) is 9.32. The van der Waals surface area contributed by atoms with Gasteiger partial charge in [-0.1, -0.05) is 32.4 Å². The summed E-state index contributed by atoms with van der Waals surface area (Å²) in [6.07, 6.45) is 9.84. The molecular formula is C20H32O2. The van der Waals surface area contributed by atoms with E-state index >= 15 is 0 Å². The van der Waals surface area contributed by atoms with Crippen molar-refractivity contribution in [3.8, 4) is 0 Å². The third-order valence-electron chi connectivity index (χ3n) is 8.39. The Morgan fingerprint density at radius 1 is 1.00 bits per heavy atom. The van der Waals surface area contributed by atoms with E-state index in [0.717, 1.165) is 37.5 Å². The van der Waals surface area contributed by atoms with Gasteiger partial charge >= 0.3 is 0 Å². The summed E-state index contributed by atoms with van der Waals surface area (Å²) in [4.78, 5) is 0. The van der Waals surface area contributed by atoms with Crippen LogP contribution in [0.1, 0.15) is 65.7 Å². The summed E-state index contributed by atoms with van der Waals surface area (Å²) < 4.78 is 0. The predicted octanol–water partition coefficient (Wildman–Crippen LogP) is 3.92. The van der Waals surface area contributed by atoms with E-state index < -0.39 is 0 Å². The van der Waals surface area contributed by atoms with Gasteiger partial charge in [-0.2, -0.15) is 0 Å². The molecule has 2 N–H and O–H groups in total. The summed E-state index contributed by atoms with van der Waals surface area (Å²) in [5, 5.41) is 20.6. The molecule has 0 bridgehead atoms. The number of hydrogen-bond donors (Lipinski definition) is 2. The van der Waals surface area contributed by atoms with Gasteiger partial charge in [0.2, 0.25) is 0 Å². The van der Waals surface area contributed by atoms with Crippen molar-refractivity contribution in [2.45, 2.75) is 77.9 Å². The summed E-state index contributed by atoms with van der Waals surface area (Å²) in [5.74, 6) is 2.94. The average molecular weight is 304 g/mol. The predicted molar refractivity (Wildman–Crippen MR) is 88.3 cm³/mol. The van der Waals surface area contributed by atoms with Crippen molar-refractivity contribution in [1.82, 2.24) is 0 Å². The Balaban J connectivity index is 1.72. The van der Waals surface area contributed by atoms with Gasteiger partial charge in [0.15, 0.2) is 0 Å². The molecule has 0 heterocycles. The minimum Gasteiger partial charge on any atom is -0.393 e. The molecule has 0 spiro atoms. The van der Waals surface area contributed by atoms with Crippen LogP contribution in [0.2, 0.25) is 0 Å². The minimum absolute atomic E-state index is 0.0800. The Hall–Kier alpha value is -0.340. The highest BCUT2D eigenvalue weighted by atomic mass is 16.3. The van der Waals surface area contributed by atoms with Crippen molar-refractivity contribution in [1.29, 1.82) is 0 Å². The number of fused-ring (bicyclic) bond motifs is 5. The monoisotopic (exact) mass is 304 g/mol. The van der Waals surface area contributed by atoms with Crippen molar-refractivity contribution in [2.75, 3.05) is 0 Å². The summed E-state index contributed by atoms with van der Waals surface area (Å²) in [5.41, 5.74) is 2.02. The molecule has 4 aliphatic rings. The highest BCUT2D eigenvalue weighted by Gasteiger charge is 2.60. The van der Waals surface area contributed by atoms with Crippen LogP contribution in [0.5, 0.6) is 0 Å². The Morgan fingerprint density at radius 3 is 2.55 bits per heavy atom. The molecule has 0 radical (unpaired) electrons. The van der Waals surface area contributed by atoms with E-state index in [2.05, 4.69) is 26.8 Å². The highest BCUT2D eigenvalue weighted by molar-refractivity contribution is 5.26. The van der Waals surface area contributed by atoms with Crippen LogP contribution in [-0.4, -0.2) is 22.4 Å². The molecule has 4 rings (SSSR count). The molecule has 0 aliphatic heterocycles. The van der Waals surface area contributed by atoms with Crippen LogP contribution in [0.4, 0.5) is 0 Å². The van der Waals surface area contributed by atoms with Crippen molar-refractivity contribution in [2.24, 2.45) is 34.5 Å². The number of allylic oxidation sites excluding steroid dienone is 1. The maximum atomic E-state index is 10.5. The molecule has 0 aromatic carbocycles. The lowest BCUT2D eigenvalue weighted by Crippen LogP contribution is -2.53. The molecule has 0 amide bonds. The van der Waals surface area contributed by atoms with Gasteiger partial charge < -0.3 is 10.2 Å². The highest BCUT2D eigenvalue weighted by Crippen LogP contribution is 2.66. The third-order valence-corrected chi connectivity index (χ3v) is 8.39. The number of hydrogen-bond acceptors (Lipinski definition) is 2. The Bertz CT molecular complexity index is 498. The Kier molecular flexibility index (Phi) is 3.34. The maximum Gasteiger partial charge on any atom is 0.0724 e. The van der Waals surface area contributed by atoms with Crippen LogP contribution < -0.4 is 0 Å². The summed E-state index contributed by atoms with van der Waals surface area (Å²) in [7, 11) is 0. The lowest BCUT2D eigenvalue weighted by molar-refractivity contribution is -0.0944. The van der Waals surface area contributed by atoms with Crippen LogP contribution in [0.25, 0.3) is 0 Å². The topological polar surface area (TPSA) is 40.5 Å². The number of rotatable bonds is 0. The molecule has 3 saturated carbocycles. The zero-order valence-electron chi connectivity index (χ0n) is 14.4. The third kappa shape index (κ3) is 1.86. The van der Waals surface area contributed by atoms with Crippen molar-refractivity contribution < 1.29 is 10.2 Å². The van der Waals surface area contributed by atoms with E-state index in [1.54, 1.807) is 5.57 Å². The van der Waals surface area contributed by atoms with Gasteiger partial charge in [0.25, 0.3) is 0 Å². The largest absolute Gasteiger partial charge is 0.393 e. The first-order chi connectivity index (χ1) is 10.4. The average Bonchev–Trinajstić information content (AvgIpc) is 2.77. The van der Waals surface area contributed by atoms with Crippen molar-refractivity contribution in [3.05, 3.63) is 11.6 Å². The minimum atomic E-state index is -0.214. The van der Waals surface area contributed by atoms with Gasteiger partial charge in [0.05, 0.1) is 12.2 Å². The molecule has 2 nitrogen and oxygen atoms in total. The molecule has 3 fully saturated rings. The molecule has 22 heavy (non-hydrogen) atoms. The molecular weight excluding hydrogens is 272 g/mol. The second kappa shape index (κ2) is 4.83. The summed E-state index contributed by atoms with van der Waals surface area (Å²) in [6, 6.07) is 0. The SMILES string of the molecule is CC1CC2=CC(O)CC[C@]2(C)[C@@H]2CC[C@]3(C)C(O)CC[C@H]3[C@H]12. The zero-order chi connectivity index (χ0) is 15.7. The lowest BCUT2D eigenvalue weighted by Gasteiger charge is -2.60. The van der Waals surface area contributed by atoms with Crippen LogP contribution in [0, 0.1) is 34.5 Å². The molecule has 124 valence electrons. The van der Waals surface area contributed by atoms with E-state index in [1.807, 2.05) is 0 Å². The molecule has 0 aromatic rings. The molecule has 0 aromatic heterocycles. The first-order valence-electron chi connectivity index (χ1n) is 9.43. The smallest absolute Gasteiger partial charge is 0.0724 e. The zero-order valence-corrected chi connectivity index (χ0v) is 14.4. The molecule has 8 atom stereocenters. The van der Waals surface area contributed by atoms with Crippen LogP contribution in [0.3, 0.4) is 0 Å². The summed E-state index contributed by atoms with van der Waals surface area (Å²) in [6.45, 7) is 7.26. The van der Waals surface area contributed by atoms with Gasteiger partial charge in [-0.15, -0.1) is 0 Å². The van der Waals surface area contributed by atoms with Gasteiger partial charge in [-0.05, 0) is 79.4 Å². The standard InChI is InChI=1S/C20H32O2/c1-12-10-13-11-14(21)6-8-19(13,2)16-7-9-20(3)15(18(12)16)4-5-17(20)22/h11-12,14-18,21-22H,4-10H2,1-3H3/t12?,14?,15-,16+,17?,18-,19-,20-/m0/s1. The molecule has 0 saturated heterocycles. The fourth-order valence-electron chi connectivity index (χ4n) is 7.03. The van der Waals surface area contributed by atoms with E-state index in [0.29, 0.717) is 17.3 Å². The molecule has 3 unspecified atom stereocenters. The Labute approximate surface area is 135 Å². The van der Waals surface area contributed by atoms with E-state index in [-0.39, 0.29) is 17.6 Å². The van der Waals surface area contributed by atoms with Crippen molar-refractivity contribution in [3.63, 3.8) is 0 Å². The fraction of sp³-hybridized carbons (Fsp3) is 0.900. The van der Waals surface area contributed by atoms with E-state index in [1.165, 1.54) is 19.3 Å². The van der Waals surface area contributed by atoms with Gasteiger partial charge in [0.1, 0.15) is 0 Å². The van der Waals surface area contributed by atoms with Gasteiger partial charge in [-0.25, -0.2) is 0 Å². The Morgan fingerprint density at radius 2 is 1.77 bits per heavy atom. The van der Waals surface area contributed by atoms with E-state index in [9.17, 15) is 10.2 Å². The summed E-state index contributed by atoms with van der Waals surface area (Å²) >= 11 is 0. The van der Waals surface area contributed by atoms with Crippen LogP contribution in [0.15, 0.2) is 11.6 Å². The quantitative estimate of drug-likeness (QED) is 0.666. The molecule has 2 heteroatoms. The van der Waals surface area contributed by atoms with Crippen LogP contribution in [-0.2, 0) is 0 Å². The van der Waals surface area contributed by atoms with Gasteiger partial charge in [0, 0.05) is 0 Å². The molecule has 4 aliphatic carbocycles. The van der Waals surface area contributed by atoms with E-state index in [4.69, 9.17) is 0 Å². The first-order valence-corrected chi connectivity index (χ1v) is 9.43. The first kappa shape index (κ1) is 15.2. The number of aliphatic hydroxyl groups excluding tert-OH is 2. The van der Waals surface area contributed by atoms with Gasteiger partial charge in [-0.3, -0.25) is 0 Å². The normalized spacial score (nSPS) is 57.6. The lowest BCUT2D eigenvalue weighted by atomic mass is 9.45. The fourth-order valence-corrected chi connectivity index (χ4v) is 7.03. The number of aliphatic hydroxyl groups is 2.